The standard InChI is InChI=1S/C14H25N3O2/c1-4-18-14(8-6-5-7-9-14)11-16-12(19-17-11)13(2,3)10-15/h4-10,15H2,1-3H3. The molecule has 0 saturated heterocycles. The lowest BCUT2D eigenvalue weighted by Gasteiger charge is -2.34. The molecule has 0 atom stereocenters. The summed E-state index contributed by atoms with van der Waals surface area (Å²) in [5.41, 5.74) is 5.13. The van der Waals surface area contributed by atoms with E-state index < -0.39 is 0 Å². The van der Waals surface area contributed by atoms with Crippen LogP contribution in [-0.2, 0) is 15.8 Å². The van der Waals surface area contributed by atoms with Crippen LogP contribution in [0, 0.1) is 0 Å². The molecule has 0 radical (unpaired) electrons. The van der Waals surface area contributed by atoms with Gasteiger partial charge in [0.1, 0.15) is 5.60 Å². The second-order valence-corrected chi connectivity index (χ2v) is 6.00. The summed E-state index contributed by atoms with van der Waals surface area (Å²) in [6.45, 7) is 7.19. The highest BCUT2D eigenvalue weighted by Crippen LogP contribution is 2.39. The maximum atomic E-state index is 6.00. The molecule has 0 aliphatic heterocycles. The van der Waals surface area contributed by atoms with E-state index in [0.29, 0.717) is 24.9 Å². The molecule has 0 unspecified atom stereocenters. The van der Waals surface area contributed by atoms with Gasteiger partial charge in [-0.1, -0.05) is 24.4 Å². The first-order valence-corrected chi connectivity index (χ1v) is 7.23. The molecule has 1 fully saturated rings. The lowest BCUT2D eigenvalue weighted by Crippen LogP contribution is -2.34. The van der Waals surface area contributed by atoms with E-state index in [1.54, 1.807) is 0 Å². The third-order valence-corrected chi connectivity index (χ3v) is 4.00. The van der Waals surface area contributed by atoms with Gasteiger partial charge in [0.05, 0.1) is 5.41 Å². The van der Waals surface area contributed by atoms with Gasteiger partial charge < -0.3 is 15.0 Å². The smallest absolute Gasteiger partial charge is 0.233 e. The summed E-state index contributed by atoms with van der Waals surface area (Å²) in [7, 11) is 0. The summed E-state index contributed by atoms with van der Waals surface area (Å²) < 4.78 is 11.4. The van der Waals surface area contributed by atoms with E-state index in [-0.39, 0.29) is 11.0 Å². The SMILES string of the molecule is CCOC1(c2noc(C(C)(C)CN)n2)CCCCC1. The fourth-order valence-corrected chi connectivity index (χ4v) is 2.60. The first kappa shape index (κ1) is 14.5. The maximum Gasteiger partial charge on any atom is 0.233 e. The Kier molecular flexibility index (Phi) is 4.26. The molecule has 2 rings (SSSR count). The Bertz CT molecular complexity index is 403. The largest absolute Gasteiger partial charge is 0.367 e. The number of rotatable bonds is 5. The predicted octanol–water partition coefficient (Wildman–Crippen LogP) is 2.50. The van der Waals surface area contributed by atoms with Crippen LogP contribution in [0.25, 0.3) is 0 Å². The molecule has 1 heterocycles. The lowest BCUT2D eigenvalue weighted by molar-refractivity contribution is -0.0777. The maximum absolute atomic E-state index is 6.00. The van der Waals surface area contributed by atoms with Crippen LogP contribution in [0.3, 0.4) is 0 Å². The highest BCUT2D eigenvalue weighted by Gasteiger charge is 2.40. The average Bonchev–Trinajstić information content (AvgIpc) is 2.91. The van der Waals surface area contributed by atoms with Gasteiger partial charge in [0, 0.05) is 13.2 Å². The number of ether oxygens (including phenoxy) is 1. The van der Waals surface area contributed by atoms with Crippen LogP contribution in [0.4, 0.5) is 0 Å². The molecule has 5 heteroatoms. The van der Waals surface area contributed by atoms with Gasteiger partial charge in [-0.25, -0.2) is 0 Å². The second-order valence-electron chi connectivity index (χ2n) is 6.00. The fourth-order valence-electron chi connectivity index (χ4n) is 2.60. The molecule has 1 aliphatic rings. The first-order chi connectivity index (χ1) is 9.04. The molecular formula is C14H25N3O2. The zero-order valence-corrected chi connectivity index (χ0v) is 12.2. The summed E-state index contributed by atoms with van der Waals surface area (Å²) in [5, 5.41) is 4.18. The van der Waals surface area contributed by atoms with Gasteiger partial charge in [-0.2, -0.15) is 4.98 Å². The summed E-state index contributed by atoms with van der Waals surface area (Å²) in [6, 6.07) is 0. The van der Waals surface area contributed by atoms with Gasteiger partial charge in [-0.15, -0.1) is 0 Å². The molecule has 5 nitrogen and oxygen atoms in total. The minimum absolute atomic E-state index is 0.284. The Morgan fingerprint density at radius 2 is 2.00 bits per heavy atom. The molecule has 0 bridgehead atoms. The van der Waals surface area contributed by atoms with Gasteiger partial charge in [0.25, 0.3) is 0 Å². The van der Waals surface area contributed by atoms with E-state index in [9.17, 15) is 0 Å². The molecule has 1 aliphatic carbocycles. The average molecular weight is 267 g/mol. The van der Waals surface area contributed by atoms with Crippen LogP contribution < -0.4 is 5.73 Å². The van der Waals surface area contributed by atoms with Crippen molar-refractivity contribution in [1.82, 2.24) is 10.1 Å². The number of aromatic nitrogens is 2. The third-order valence-electron chi connectivity index (χ3n) is 4.00. The van der Waals surface area contributed by atoms with Gasteiger partial charge >= 0.3 is 0 Å². The Morgan fingerprint density at radius 3 is 2.58 bits per heavy atom. The van der Waals surface area contributed by atoms with Crippen molar-refractivity contribution in [2.75, 3.05) is 13.2 Å². The molecule has 1 saturated carbocycles. The summed E-state index contributed by atoms with van der Waals surface area (Å²) in [5.74, 6) is 1.31. The topological polar surface area (TPSA) is 74.2 Å². The Balaban J connectivity index is 2.28. The zero-order valence-electron chi connectivity index (χ0n) is 12.2. The fraction of sp³-hybridized carbons (Fsp3) is 0.857. The van der Waals surface area contributed by atoms with E-state index >= 15 is 0 Å². The lowest BCUT2D eigenvalue weighted by atomic mass is 9.84. The molecule has 19 heavy (non-hydrogen) atoms. The number of hydrogen-bond acceptors (Lipinski definition) is 5. The molecule has 1 aromatic heterocycles. The Labute approximate surface area is 114 Å². The molecular weight excluding hydrogens is 242 g/mol. The van der Waals surface area contributed by atoms with Crippen molar-refractivity contribution < 1.29 is 9.26 Å². The van der Waals surface area contributed by atoms with Crippen LogP contribution in [0.5, 0.6) is 0 Å². The highest BCUT2D eigenvalue weighted by molar-refractivity contribution is 5.08. The molecule has 1 aromatic rings. The molecule has 2 N–H and O–H groups in total. The van der Waals surface area contributed by atoms with Crippen molar-refractivity contribution in [2.24, 2.45) is 5.73 Å². The molecule has 0 aromatic carbocycles. The van der Waals surface area contributed by atoms with Crippen molar-refractivity contribution in [3.8, 4) is 0 Å². The minimum Gasteiger partial charge on any atom is -0.367 e. The van der Waals surface area contributed by atoms with Gasteiger partial charge in [0.15, 0.2) is 0 Å². The van der Waals surface area contributed by atoms with Crippen molar-refractivity contribution >= 4 is 0 Å². The summed E-state index contributed by atoms with van der Waals surface area (Å²) >= 11 is 0. The molecule has 0 spiro atoms. The monoisotopic (exact) mass is 267 g/mol. The first-order valence-electron chi connectivity index (χ1n) is 7.23. The van der Waals surface area contributed by atoms with E-state index in [4.69, 9.17) is 15.0 Å². The highest BCUT2D eigenvalue weighted by atomic mass is 16.5. The van der Waals surface area contributed by atoms with E-state index in [1.165, 1.54) is 6.42 Å². The van der Waals surface area contributed by atoms with Gasteiger partial charge in [-0.3, -0.25) is 0 Å². The van der Waals surface area contributed by atoms with Gasteiger partial charge in [-0.05, 0) is 33.6 Å². The van der Waals surface area contributed by atoms with Gasteiger partial charge in [0.2, 0.25) is 11.7 Å². The zero-order chi connectivity index (χ0) is 13.9. The van der Waals surface area contributed by atoms with Crippen LogP contribution in [0.15, 0.2) is 4.52 Å². The van der Waals surface area contributed by atoms with Crippen LogP contribution in [0.2, 0.25) is 0 Å². The van der Waals surface area contributed by atoms with Crippen LogP contribution in [0.1, 0.15) is 64.6 Å². The van der Waals surface area contributed by atoms with E-state index in [2.05, 4.69) is 10.1 Å². The van der Waals surface area contributed by atoms with Crippen molar-refractivity contribution in [1.29, 1.82) is 0 Å². The Morgan fingerprint density at radius 1 is 1.32 bits per heavy atom. The van der Waals surface area contributed by atoms with Crippen molar-refractivity contribution in [2.45, 2.75) is 63.9 Å². The van der Waals surface area contributed by atoms with E-state index in [0.717, 1.165) is 25.7 Å². The van der Waals surface area contributed by atoms with Crippen LogP contribution in [-0.4, -0.2) is 23.3 Å². The number of nitrogens with zero attached hydrogens (tertiary/aromatic N) is 2. The summed E-state index contributed by atoms with van der Waals surface area (Å²) in [4.78, 5) is 4.58. The Hall–Kier alpha value is -0.940. The third kappa shape index (κ3) is 2.82. The summed E-state index contributed by atoms with van der Waals surface area (Å²) in [6.07, 6.45) is 5.52. The van der Waals surface area contributed by atoms with Crippen LogP contribution >= 0.6 is 0 Å². The number of hydrogen-bond donors (Lipinski definition) is 1. The quantitative estimate of drug-likeness (QED) is 0.887. The van der Waals surface area contributed by atoms with Crippen molar-refractivity contribution in [3.63, 3.8) is 0 Å². The van der Waals surface area contributed by atoms with E-state index in [1.807, 2.05) is 20.8 Å². The van der Waals surface area contributed by atoms with Crippen molar-refractivity contribution in [3.05, 3.63) is 11.7 Å². The normalized spacial score (nSPS) is 19.6. The molecule has 108 valence electrons. The molecule has 0 amide bonds. The number of nitrogens with two attached hydrogens (primary N) is 1. The predicted molar refractivity (Wildman–Crippen MR) is 72.8 cm³/mol. The minimum atomic E-state index is -0.348. The second kappa shape index (κ2) is 5.59.